The molecule has 2 N–H and O–H groups in total. The minimum atomic E-state index is -4.68. The SMILES string of the molecule is C#CC[C@H](NC(=O)OC(C)(C)C)c1nc(C(F)(F)F)n[nH]1. The quantitative estimate of drug-likeness (QED) is 0.840. The summed E-state index contributed by atoms with van der Waals surface area (Å²) in [5.74, 6) is 0.726. The number of alkyl carbamates (subject to hydrolysis) is 1. The third kappa shape index (κ3) is 5.33. The van der Waals surface area contributed by atoms with Crippen LogP contribution in [-0.2, 0) is 10.9 Å². The number of hydrogen-bond acceptors (Lipinski definition) is 4. The molecule has 0 aromatic carbocycles. The molecule has 1 aromatic rings. The van der Waals surface area contributed by atoms with Crippen LogP contribution in [0.1, 0.15) is 44.9 Å². The lowest BCUT2D eigenvalue weighted by atomic mass is 10.2. The van der Waals surface area contributed by atoms with Crippen molar-refractivity contribution in [1.29, 1.82) is 0 Å². The smallest absolute Gasteiger partial charge is 0.444 e. The van der Waals surface area contributed by atoms with Crippen LogP contribution >= 0.6 is 0 Å². The first kappa shape index (κ1) is 16.8. The zero-order chi connectivity index (χ0) is 16.3. The Hall–Kier alpha value is -2.24. The predicted octanol–water partition coefficient (Wildman–Crippen LogP) is 2.41. The van der Waals surface area contributed by atoms with E-state index in [1.165, 1.54) is 0 Å². The van der Waals surface area contributed by atoms with Crippen LogP contribution in [-0.4, -0.2) is 26.9 Å². The van der Waals surface area contributed by atoms with Gasteiger partial charge in [-0.15, -0.1) is 17.4 Å². The number of aromatic amines is 1. The molecule has 1 heterocycles. The second kappa shape index (κ2) is 6.03. The van der Waals surface area contributed by atoms with Crippen molar-refractivity contribution in [2.45, 2.75) is 45.0 Å². The number of H-pyrrole nitrogens is 1. The van der Waals surface area contributed by atoms with Crippen molar-refractivity contribution in [3.63, 3.8) is 0 Å². The van der Waals surface area contributed by atoms with E-state index in [9.17, 15) is 18.0 Å². The van der Waals surface area contributed by atoms with Crippen LogP contribution in [0.4, 0.5) is 18.0 Å². The van der Waals surface area contributed by atoms with Crippen molar-refractivity contribution in [3.05, 3.63) is 11.6 Å². The largest absolute Gasteiger partial charge is 0.453 e. The fourth-order valence-electron chi connectivity index (χ4n) is 1.34. The van der Waals surface area contributed by atoms with Crippen molar-refractivity contribution in [2.75, 3.05) is 0 Å². The number of nitrogens with one attached hydrogen (secondary N) is 2. The standard InChI is InChI=1S/C12H15F3N4O2/c1-5-6-7(16-10(20)21-11(2,3)4)8-17-9(19-18-8)12(13,14)15/h1,7H,6H2,2-4H3,(H,16,20)(H,17,18,19)/t7-/m0/s1. The third-order valence-electron chi connectivity index (χ3n) is 2.10. The Balaban J connectivity index is 2.85. The molecule has 6 nitrogen and oxygen atoms in total. The summed E-state index contributed by atoms with van der Waals surface area (Å²) >= 11 is 0. The summed E-state index contributed by atoms with van der Waals surface area (Å²) in [5.41, 5.74) is -0.747. The fraction of sp³-hybridized carbons (Fsp3) is 0.583. The van der Waals surface area contributed by atoms with Gasteiger partial charge in [0.15, 0.2) is 0 Å². The maximum Gasteiger partial charge on any atom is 0.453 e. The Morgan fingerprint density at radius 2 is 2.10 bits per heavy atom. The molecular formula is C12H15F3N4O2. The Bertz CT molecular complexity index is 540. The highest BCUT2D eigenvalue weighted by atomic mass is 19.4. The number of terminal acetylenes is 1. The molecule has 116 valence electrons. The average Bonchev–Trinajstić information content (AvgIpc) is 2.74. The van der Waals surface area contributed by atoms with Crippen molar-refractivity contribution in [2.24, 2.45) is 0 Å². The first-order valence-electron chi connectivity index (χ1n) is 5.95. The molecule has 1 amide bonds. The van der Waals surface area contributed by atoms with Gasteiger partial charge in [0.1, 0.15) is 17.5 Å². The molecule has 0 saturated carbocycles. The Morgan fingerprint density at radius 3 is 2.52 bits per heavy atom. The molecule has 0 fully saturated rings. The van der Waals surface area contributed by atoms with E-state index in [2.05, 4.69) is 26.4 Å². The molecule has 0 saturated heterocycles. The number of rotatable bonds is 3. The number of hydrogen-bond donors (Lipinski definition) is 2. The van der Waals surface area contributed by atoms with E-state index < -0.39 is 29.7 Å². The summed E-state index contributed by atoms with van der Waals surface area (Å²) in [6, 6.07) is -0.951. The van der Waals surface area contributed by atoms with Crippen molar-refractivity contribution < 1.29 is 22.7 Å². The monoisotopic (exact) mass is 304 g/mol. The van der Waals surface area contributed by atoms with Gasteiger partial charge in [0.05, 0.1) is 0 Å². The van der Waals surface area contributed by atoms with Crippen LogP contribution in [0, 0.1) is 12.3 Å². The van der Waals surface area contributed by atoms with Gasteiger partial charge < -0.3 is 10.1 Å². The molecule has 1 aromatic heterocycles. The zero-order valence-electron chi connectivity index (χ0n) is 11.7. The topological polar surface area (TPSA) is 79.9 Å². The highest BCUT2D eigenvalue weighted by Gasteiger charge is 2.37. The maximum atomic E-state index is 12.4. The van der Waals surface area contributed by atoms with Gasteiger partial charge in [0, 0.05) is 6.42 Å². The minimum Gasteiger partial charge on any atom is -0.444 e. The van der Waals surface area contributed by atoms with Crippen molar-refractivity contribution in [1.82, 2.24) is 20.5 Å². The van der Waals surface area contributed by atoms with Gasteiger partial charge in [-0.2, -0.15) is 13.2 Å². The Labute approximate surface area is 119 Å². The number of alkyl halides is 3. The Kier molecular flexibility index (Phi) is 4.83. The number of aromatic nitrogens is 3. The van der Waals surface area contributed by atoms with Crippen LogP contribution in [0.5, 0.6) is 0 Å². The number of halogens is 3. The summed E-state index contributed by atoms with van der Waals surface area (Å²) in [5, 5.41) is 7.52. The van der Waals surface area contributed by atoms with Gasteiger partial charge in [-0.05, 0) is 20.8 Å². The lowest BCUT2D eigenvalue weighted by Gasteiger charge is -2.21. The molecule has 9 heteroatoms. The lowest BCUT2D eigenvalue weighted by Crippen LogP contribution is -2.35. The molecule has 1 atom stereocenters. The normalized spacial score (nSPS) is 13.4. The van der Waals surface area contributed by atoms with Crippen molar-refractivity contribution in [3.8, 4) is 12.3 Å². The molecule has 0 aliphatic carbocycles. The second-order valence-electron chi connectivity index (χ2n) is 5.15. The third-order valence-corrected chi connectivity index (χ3v) is 2.10. The molecular weight excluding hydrogens is 289 g/mol. The van der Waals surface area contributed by atoms with Crippen LogP contribution in [0.15, 0.2) is 0 Å². The molecule has 0 unspecified atom stereocenters. The summed E-state index contributed by atoms with van der Waals surface area (Å²) in [6.07, 6.45) is -0.419. The molecule has 21 heavy (non-hydrogen) atoms. The molecule has 1 rings (SSSR count). The van der Waals surface area contributed by atoms with Gasteiger partial charge in [-0.3, -0.25) is 5.10 Å². The van der Waals surface area contributed by atoms with Gasteiger partial charge >= 0.3 is 12.3 Å². The number of ether oxygens (including phenoxy) is 1. The van der Waals surface area contributed by atoms with Crippen LogP contribution in [0.2, 0.25) is 0 Å². The highest BCUT2D eigenvalue weighted by Crippen LogP contribution is 2.26. The first-order valence-corrected chi connectivity index (χ1v) is 5.95. The van der Waals surface area contributed by atoms with Gasteiger partial charge in [0.25, 0.3) is 5.82 Å². The van der Waals surface area contributed by atoms with Crippen LogP contribution in [0.3, 0.4) is 0 Å². The molecule has 0 aliphatic rings. The average molecular weight is 304 g/mol. The van der Waals surface area contributed by atoms with E-state index in [4.69, 9.17) is 11.2 Å². The van der Waals surface area contributed by atoms with E-state index in [0.29, 0.717) is 0 Å². The number of carbonyl (C=O) groups is 1. The maximum absolute atomic E-state index is 12.4. The number of carbonyl (C=O) groups excluding carboxylic acids is 1. The van der Waals surface area contributed by atoms with Gasteiger partial charge in [0.2, 0.25) is 0 Å². The molecule has 0 aliphatic heterocycles. The summed E-state index contributed by atoms with van der Waals surface area (Å²) < 4.78 is 42.3. The minimum absolute atomic E-state index is 0.0638. The first-order chi connectivity index (χ1) is 9.53. The van der Waals surface area contributed by atoms with E-state index in [1.54, 1.807) is 20.8 Å². The van der Waals surface area contributed by atoms with Crippen molar-refractivity contribution >= 4 is 6.09 Å². The second-order valence-corrected chi connectivity index (χ2v) is 5.15. The Morgan fingerprint density at radius 1 is 1.48 bits per heavy atom. The predicted molar refractivity (Wildman–Crippen MR) is 66.9 cm³/mol. The van der Waals surface area contributed by atoms with E-state index in [-0.39, 0.29) is 12.2 Å². The van der Waals surface area contributed by atoms with Crippen LogP contribution < -0.4 is 5.32 Å². The van der Waals surface area contributed by atoms with E-state index in [0.717, 1.165) is 0 Å². The summed E-state index contributed by atoms with van der Waals surface area (Å²) in [4.78, 5) is 14.9. The van der Waals surface area contributed by atoms with Gasteiger partial charge in [-0.1, -0.05) is 0 Å². The number of nitrogens with zero attached hydrogens (tertiary/aromatic N) is 2. The van der Waals surface area contributed by atoms with Gasteiger partial charge in [-0.25, -0.2) is 9.78 Å². The fourth-order valence-corrected chi connectivity index (χ4v) is 1.34. The molecule has 0 bridgehead atoms. The number of amides is 1. The van der Waals surface area contributed by atoms with Crippen LogP contribution in [0.25, 0.3) is 0 Å². The van der Waals surface area contributed by atoms with E-state index in [1.807, 2.05) is 0 Å². The summed E-state index contributed by atoms with van der Waals surface area (Å²) in [6.45, 7) is 4.96. The lowest BCUT2D eigenvalue weighted by molar-refractivity contribution is -0.144. The molecule has 0 radical (unpaired) electrons. The van der Waals surface area contributed by atoms with E-state index >= 15 is 0 Å². The molecule has 0 spiro atoms. The summed E-state index contributed by atoms with van der Waals surface area (Å²) in [7, 11) is 0. The zero-order valence-corrected chi connectivity index (χ0v) is 11.7. The highest BCUT2D eigenvalue weighted by molar-refractivity contribution is 5.68.